The largest absolute Gasteiger partial charge is 0.355 e. The first-order chi connectivity index (χ1) is 9.50. The smallest absolute Gasteiger partial charge is 0.251 e. The monoisotopic (exact) mass is 274 g/mol. The van der Waals surface area contributed by atoms with E-state index in [1.807, 2.05) is 24.3 Å². The quantitative estimate of drug-likeness (QED) is 0.886. The third-order valence-electron chi connectivity index (χ3n) is 4.24. The van der Waals surface area contributed by atoms with Gasteiger partial charge >= 0.3 is 0 Å². The van der Waals surface area contributed by atoms with Crippen LogP contribution in [0.3, 0.4) is 0 Å². The van der Waals surface area contributed by atoms with Crippen LogP contribution in [-0.2, 0) is 6.54 Å². The summed E-state index contributed by atoms with van der Waals surface area (Å²) in [6, 6.07) is 8.47. The molecular weight excluding hydrogens is 248 g/mol. The number of hydrogen-bond donors (Lipinski definition) is 2. The molecule has 1 aromatic carbocycles. The molecule has 0 spiro atoms. The Balaban J connectivity index is 1.86. The molecule has 0 saturated heterocycles. The average Bonchev–Trinajstić information content (AvgIpc) is 2.44. The van der Waals surface area contributed by atoms with Gasteiger partial charge in [-0.1, -0.05) is 32.4 Å². The molecular formula is C17H26N2O. The predicted octanol–water partition coefficient (Wildman–Crippen LogP) is 3.10. The van der Waals surface area contributed by atoms with Crippen LogP contribution in [0.4, 0.5) is 0 Å². The van der Waals surface area contributed by atoms with Crippen LogP contribution in [-0.4, -0.2) is 19.0 Å². The minimum Gasteiger partial charge on any atom is -0.355 e. The summed E-state index contributed by atoms with van der Waals surface area (Å²) in [6.07, 6.45) is 5.19. The van der Waals surface area contributed by atoms with E-state index in [0.717, 1.165) is 12.1 Å². The van der Waals surface area contributed by atoms with Crippen LogP contribution in [0, 0.1) is 5.41 Å². The Kier molecular flexibility index (Phi) is 4.81. The number of carbonyl (C=O) groups is 1. The highest BCUT2D eigenvalue weighted by atomic mass is 16.1. The van der Waals surface area contributed by atoms with Gasteiger partial charge in [0.1, 0.15) is 0 Å². The van der Waals surface area contributed by atoms with Gasteiger partial charge in [0.2, 0.25) is 0 Å². The fraction of sp³-hybridized carbons (Fsp3) is 0.588. The summed E-state index contributed by atoms with van der Waals surface area (Å²) in [4.78, 5) is 11.5. The number of rotatable bonds is 4. The van der Waals surface area contributed by atoms with Crippen molar-refractivity contribution in [3.8, 4) is 0 Å². The second-order valence-corrected chi connectivity index (χ2v) is 6.61. The van der Waals surface area contributed by atoms with E-state index in [0.29, 0.717) is 11.5 Å². The molecule has 1 atom stereocenters. The van der Waals surface area contributed by atoms with Crippen molar-refractivity contribution in [1.29, 1.82) is 0 Å². The SMILES string of the molecule is CNC(=O)c1ccc(CNC2CCCC(C)(C)C2)cc1. The molecule has 1 saturated carbocycles. The van der Waals surface area contributed by atoms with E-state index in [-0.39, 0.29) is 5.91 Å². The average molecular weight is 274 g/mol. The van der Waals surface area contributed by atoms with Gasteiger partial charge in [0, 0.05) is 25.2 Å². The predicted molar refractivity (Wildman–Crippen MR) is 82.7 cm³/mol. The molecule has 0 bridgehead atoms. The topological polar surface area (TPSA) is 41.1 Å². The zero-order valence-corrected chi connectivity index (χ0v) is 12.8. The van der Waals surface area contributed by atoms with Crippen molar-refractivity contribution < 1.29 is 4.79 Å². The van der Waals surface area contributed by atoms with E-state index in [1.165, 1.54) is 31.2 Å². The number of carbonyl (C=O) groups excluding carboxylic acids is 1. The van der Waals surface area contributed by atoms with Gasteiger partial charge in [-0.25, -0.2) is 0 Å². The lowest BCUT2D eigenvalue weighted by Gasteiger charge is -2.35. The van der Waals surface area contributed by atoms with Gasteiger partial charge in [-0.05, 0) is 42.4 Å². The van der Waals surface area contributed by atoms with E-state index < -0.39 is 0 Å². The number of benzene rings is 1. The summed E-state index contributed by atoms with van der Waals surface area (Å²) in [5, 5.41) is 6.29. The fourth-order valence-corrected chi connectivity index (χ4v) is 3.05. The normalized spacial score (nSPS) is 21.4. The maximum atomic E-state index is 11.5. The molecule has 1 aliphatic carbocycles. The Morgan fingerprint density at radius 1 is 1.30 bits per heavy atom. The summed E-state index contributed by atoms with van der Waals surface area (Å²) < 4.78 is 0. The van der Waals surface area contributed by atoms with Gasteiger partial charge < -0.3 is 10.6 Å². The highest BCUT2D eigenvalue weighted by molar-refractivity contribution is 5.93. The molecule has 2 rings (SSSR count). The molecule has 0 radical (unpaired) electrons. The first-order valence-electron chi connectivity index (χ1n) is 7.54. The van der Waals surface area contributed by atoms with Crippen LogP contribution < -0.4 is 10.6 Å². The lowest BCUT2D eigenvalue weighted by atomic mass is 9.75. The molecule has 3 heteroatoms. The van der Waals surface area contributed by atoms with Crippen LogP contribution in [0.1, 0.15) is 55.5 Å². The minimum absolute atomic E-state index is 0.0291. The summed E-state index contributed by atoms with van der Waals surface area (Å²) in [5.74, 6) is -0.0291. The molecule has 0 aromatic heterocycles. The lowest BCUT2D eigenvalue weighted by molar-refractivity contribution is 0.0963. The van der Waals surface area contributed by atoms with E-state index in [1.54, 1.807) is 7.05 Å². The van der Waals surface area contributed by atoms with Crippen molar-refractivity contribution >= 4 is 5.91 Å². The number of nitrogens with one attached hydrogen (secondary N) is 2. The third-order valence-corrected chi connectivity index (χ3v) is 4.24. The van der Waals surface area contributed by atoms with Crippen molar-refractivity contribution in [2.75, 3.05) is 7.05 Å². The molecule has 2 N–H and O–H groups in total. The van der Waals surface area contributed by atoms with Crippen molar-refractivity contribution in [3.05, 3.63) is 35.4 Å². The zero-order chi connectivity index (χ0) is 14.6. The van der Waals surface area contributed by atoms with Crippen molar-refractivity contribution in [1.82, 2.24) is 10.6 Å². The standard InChI is InChI=1S/C17H26N2O/c1-17(2)10-4-5-15(11-17)19-12-13-6-8-14(9-7-13)16(20)18-3/h6-9,15,19H,4-5,10-12H2,1-3H3,(H,18,20). The summed E-state index contributed by atoms with van der Waals surface area (Å²) >= 11 is 0. The highest BCUT2D eigenvalue weighted by Crippen LogP contribution is 2.35. The Labute approximate surface area is 122 Å². The Hall–Kier alpha value is -1.35. The van der Waals surface area contributed by atoms with Gasteiger partial charge in [0.25, 0.3) is 5.91 Å². The van der Waals surface area contributed by atoms with Crippen molar-refractivity contribution in [3.63, 3.8) is 0 Å². The van der Waals surface area contributed by atoms with Crippen LogP contribution in [0.25, 0.3) is 0 Å². The maximum Gasteiger partial charge on any atom is 0.251 e. The van der Waals surface area contributed by atoms with Gasteiger partial charge in [-0.2, -0.15) is 0 Å². The second kappa shape index (κ2) is 6.40. The highest BCUT2D eigenvalue weighted by Gasteiger charge is 2.27. The summed E-state index contributed by atoms with van der Waals surface area (Å²) in [5.41, 5.74) is 2.43. The Morgan fingerprint density at radius 2 is 2.00 bits per heavy atom. The third kappa shape index (κ3) is 4.07. The number of amides is 1. The molecule has 0 heterocycles. The molecule has 110 valence electrons. The zero-order valence-electron chi connectivity index (χ0n) is 12.8. The van der Waals surface area contributed by atoms with E-state index >= 15 is 0 Å². The van der Waals surface area contributed by atoms with E-state index in [9.17, 15) is 4.79 Å². The van der Waals surface area contributed by atoms with Crippen LogP contribution in [0.15, 0.2) is 24.3 Å². The molecule has 1 aliphatic rings. The van der Waals surface area contributed by atoms with E-state index in [2.05, 4.69) is 24.5 Å². The molecule has 3 nitrogen and oxygen atoms in total. The van der Waals surface area contributed by atoms with Gasteiger partial charge in [-0.3, -0.25) is 4.79 Å². The first kappa shape index (κ1) is 15.0. The van der Waals surface area contributed by atoms with E-state index in [4.69, 9.17) is 0 Å². The molecule has 1 aromatic rings. The lowest BCUT2D eigenvalue weighted by Crippen LogP contribution is -2.36. The van der Waals surface area contributed by atoms with Crippen LogP contribution in [0.2, 0.25) is 0 Å². The Morgan fingerprint density at radius 3 is 2.60 bits per heavy atom. The van der Waals surface area contributed by atoms with Gasteiger partial charge in [0.15, 0.2) is 0 Å². The molecule has 0 aliphatic heterocycles. The van der Waals surface area contributed by atoms with Crippen LogP contribution >= 0.6 is 0 Å². The minimum atomic E-state index is -0.0291. The van der Waals surface area contributed by atoms with Crippen molar-refractivity contribution in [2.45, 2.75) is 52.1 Å². The molecule has 1 unspecified atom stereocenters. The fourth-order valence-electron chi connectivity index (χ4n) is 3.05. The first-order valence-corrected chi connectivity index (χ1v) is 7.54. The van der Waals surface area contributed by atoms with Gasteiger partial charge in [-0.15, -0.1) is 0 Å². The molecule has 20 heavy (non-hydrogen) atoms. The van der Waals surface area contributed by atoms with Crippen molar-refractivity contribution in [2.24, 2.45) is 5.41 Å². The molecule has 1 fully saturated rings. The van der Waals surface area contributed by atoms with Gasteiger partial charge in [0.05, 0.1) is 0 Å². The number of hydrogen-bond acceptors (Lipinski definition) is 2. The maximum absolute atomic E-state index is 11.5. The summed E-state index contributed by atoms with van der Waals surface area (Å²) in [7, 11) is 1.66. The second-order valence-electron chi connectivity index (χ2n) is 6.61. The van der Waals surface area contributed by atoms with Crippen LogP contribution in [0.5, 0.6) is 0 Å². The summed E-state index contributed by atoms with van der Waals surface area (Å²) in [6.45, 7) is 5.60. The molecule has 1 amide bonds. The Bertz CT molecular complexity index is 451.